The van der Waals surface area contributed by atoms with Crippen LogP contribution >= 0.6 is 0 Å². The van der Waals surface area contributed by atoms with Crippen molar-refractivity contribution in [3.05, 3.63) is 59.8 Å². The Morgan fingerprint density at radius 3 is 2.23 bits per heavy atom. The molecule has 2 atom stereocenters. The molecule has 0 radical (unpaired) electrons. The lowest BCUT2D eigenvalue weighted by molar-refractivity contribution is -0.144. The largest absolute Gasteiger partial charge is 0.416 e. The molecule has 7 nitrogen and oxygen atoms in total. The van der Waals surface area contributed by atoms with Gasteiger partial charge in [0.2, 0.25) is 11.6 Å². The number of rotatable bonds is 5. The second-order valence-electron chi connectivity index (χ2n) is 7.09. The van der Waals surface area contributed by atoms with E-state index in [1.807, 2.05) is 0 Å². The number of anilines is 2. The summed E-state index contributed by atoms with van der Waals surface area (Å²) >= 11 is 0. The van der Waals surface area contributed by atoms with E-state index in [4.69, 9.17) is 0 Å². The molecule has 1 heterocycles. The number of fused-ring (bicyclic) bond motifs is 1. The first-order valence-corrected chi connectivity index (χ1v) is 9.30. The zero-order valence-corrected chi connectivity index (χ0v) is 16.1. The predicted molar refractivity (Wildman–Crippen MR) is 108 cm³/mol. The molecule has 2 aromatic carbocycles. The van der Waals surface area contributed by atoms with Crippen LogP contribution in [0.4, 0.5) is 24.5 Å². The van der Waals surface area contributed by atoms with Crippen molar-refractivity contribution in [3.63, 3.8) is 0 Å². The molecule has 1 fully saturated rings. The molecular weight excluding hydrogens is 413 g/mol. The second kappa shape index (κ2) is 7.46. The Balaban J connectivity index is 1.54. The van der Waals surface area contributed by atoms with E-state index in [1.54, 1.807) is 24.4 Å². The third kappa shape index (κ3) is 3.72. The zero-order valence-electron chi connectivity index (χ0n) is 16.1. The minimum atomic E-state index is -4.46. The van der Waals surface area contributed by atoms with Crippen molar-refractivity contribution in [1.82, 2.24) is 10.3 Å². The smallest absolute Gasteiger partial charge is 0.373 e. The summed E-state index contributed by atoms with van der Waals surface area (Å²) in [4.78, 5) is 39.2. The van der Waals surface area contributed by atoms with Gasteiger partial charge in [-0.15, -0.1) is 0 Å². The number of aromatic amines is 1. The van der Waals surface area contributed by atoms with Gasteiger partial charge in [-0.3, -0.25) is 14.4 Å². The highest BCUT2D eigenvalue weighted by Gasteiger charge is 2.49. The number of nitrogens with one attached hydrogen (secondary N) is 4. The van der Waals surface area contributed by atoms with Crippen molar-refractivity contribution < 1.29 is 27.6 Å². The van der Waals surface area contributed by atoms with Gasteiger partial charge in [0.1, 0.15) is 12.1 Å². The Morgan fingerprint density at radius 2 is 1.61 bits per heavy atom. The Labute approximate surface area is 174 Å². The van der Waals surface area contributed by atoms with Crippen LogP contribution < -0.4 is 16.0 Å². The lowest BCUT2D eigenvalue weighted by Gasteiger charge is -2.35. The molecule has 1 aliphatic carbocycles. The fraction of sp³-hybridized carbons (Fsp3) is 0.190. The van der Waals surface area contributed by atoms with Gasteiger partial charge in [0.15, 0.2) is 0 Å². The molecule has 0 saturated heterocycles. The summed E-state index contributed by atoms with van der Waals surface area (Å²) in [5, 5.41) is 8.99. The van der Waals surface area contributed by atoms with E-state index in [9.17, 15) is 27.6 Å². The number of amides is 1. The van der Waals surface area contributed by atoms with Gasteiger partial charge in [-0.1, -0.05) is 0 Å². The second-order valence-corrected chi connectivity index (χ2v) is 7.09. The molecule has 1 amide bonds. The first-order valence-electron chi connectivity index (χ1n) is 9.30. The number of benzene rings is 2. The van der Waals surface area contributed by atoms with Crippen LogP contribution in [-0.4, -0.2) is 41.6 Å². The molecular formula is C21H17F3N4O3. The van der Waals surface area contributed by atoms with Crippen LogP contribution in [0, 0.1) is 0 Å². The molecule has 1 aliphatic rings. The number of hydrogen-bond donors (Lipinski definition) is 4. The van der Waals surface area contributed by atoms with Gasteiger partial charge in [-0.05, 0) is 42.5 Å². The van der Waals surface area contributed by atoms with Crippen LogP contribution in [0.1, 0.15) is 15.9 Å². The van der Waals surface area contributed by atoms with Gasteiger partial charge < -0.3 is 20.9 Å². The van der Waals surface area contributed by atoms with Crippen molar-refractivity contribution >= 4 is 39.8 Å². The summed E-state index contributed by atoms with van der Waals surface area (Å²) in [5.74, 6) is -1.57. The molecule has 1 saturated carbocycles. The summed E-state index contributed by atoms with van der Waals surface area (Å²) in [5.41, 5.74) is 1.14. The van der Waals surface area contributed by atoms with Gasteiger partial charge in [-0.2, -0.15) is 13.2 Å². The SMILES string of the molecule is CNC(=O)c1ccc2[nH]cc(NC3C(=O)C(=O)C3Nc3ccc(C(F)(F)F)cc3)c2c1. The summed E-state index contributed by atoms with van der Waals surface area (Å²) in [6, 6.07) is 7.38. The Hall–Kier alpha value is -3.82. The Bertz CT molecular complexity index is 1180. The highest BCUT2D eigenvalue weighted by molar-refractivity contribution is 6.50. The maximum atomic E-state index is 12.7. The number of ketones is 2. The van der Waals surface area contributed by atoms with E-state index in [2.05, 4.69) is 20.9 Å². The standard InChI is InChI=1S/C21H17F3N4O3/c1-25-20(31)10-2-7-14-13(8-10)15(9-26-14)28-17-16(18(29)19(17)30)27-12-5-3-11(4-6-12)21(22,23)24/h2-9,16-17,26-28H,1H3,(H,25,31). The fourth-order valence-electron chi connectivity index (χ4n) is 3.44. The van der Waals surface area contributed by atoms with E-state index in [-0.39, 0.29) is 11.6 Å². The number of halogens is 3. The van der Waals surface area contributed by atoms with E-state index in [0.29, 0.717) is 16.6 Å². The van der Waals surface area contributed by atoms with Gasteiger partial charge in [0.25, 0.3) is 5.91 Å². The van der Waals surface area contributed by atoms with Crippen LogP contribution in [0.25, 0.3) is 10.9 Å². The molecule has 4 rings (SSSR count). The molecule has 0 spiro atoms. The van der Waals surface area contributed by atoms with Crippen LogP contribution in [0.5, 0.6) is 0 Å². The van der Waals surface area contributed by atoms with Crippen molar-refractivity contribution in [2.24, 2.45) is 0 Å². The zero-order chi connectivity index (χ0) is 22.3. The molecule has 10 heteroatoms. The normalized spacial score (nSPS) is 18.6. The number of aromatic nitrogens is 1. The van der Waals surface area contributed by atoms with Gasteiger partial charge in [-0.25, -0.2) is 0 Å². The highest BCUT2D eigenvalue weighted by Crippen LogP contribution is 2.31. The van der Waals surface area contributed by atoms with Crippen LogP contribution in [0.3, 0.4) is 0 Å². The molecule has 31 heavy (non-hydrogen) atoms. The first-order chi connectivity index (χ1) is 14.7. The number of hydrogen-bond acceptors (Lipinski definition) is 5. The third-order valence-electron chi connectivity index (χ3n) is 5.16. The number of H-pyrrole nitrogens is 1. The maximum absolute atomic E-state index is 12.7. The molecule has 0 aliphatic heterocycles. The molecule has 160 valence electrons. The quantitative estimate of drug-likeness (QED) is 0.466. The average molecular weight is 430 g/mol. The van der Waals surface area contributed by atoms with E-state index < -0.39 is 35.4 Å². The monoisotopic (exact) mass is 430 g/mol. The lowest BCUT2D eigenvalue weighted by atomic mass is 9.82. The van der Waals surface area contributed by atoms with E-state index >= 15 is 0 Å². The maximum Gasteiger partial charge on any atom is 0.416 e. The van der Waals surface area contributed by atoms with Gasteiger partial charge >= 0.3 is 6.18 Å². The summed E-state index contributed by atoms with van der Waals surface area (Å²) in [7, 11) is 1.51. The summed E-state index contributed by atoms with van der Waals surface area (Å²) in [6.45, 7) is 0. The van der Waals surface area contributed by atoms with E-state index in [1.165, 1.54) is 19.2 Å². The number of alkyl halides is 3. The molecule has 1 aromatic heterocycles. The Kier molecular flexibility index (Phi) is 4.92. The van der Waals surface area contributed by atoms with Gasteiger partial charge in [0, 0.05) is 35.4 Å². The number of Topliss-reactive ketones (excluding diaryl/α,β-unsaturated/α-hetero) is 2. The van der Waals surface area contributed by atoms with Crippen molar-refractivity contribution in [1.29, 1.82) is 0 Å². The van der Waals surface area contributed by atoms with Crippen LogP contribution in [-0.2, 0) is 15.8 Å². The minimum absolute atomic E-state index is 0.272. The number of carbonyl (C=O) groups is 3. The van der Waals surface area contributed by atoms with E-state index in [0.717, 1.165) is 17.6 Å². The van der Waals surface area contributed by atoms with Crippen molar-refractivity contribution in [2.75, 3.05) is 17.7 Å². The first kappa shape index (κ1) is 20.5. The fourth-order valence-corrected chi connectivity index (χ4v) is 3.44. The summed E-state index contributed by atoms with van der Waals surface area (Å²) in [6.07, 6.45) is -2.85. The minimum Gasteiger partial charge on any atom is -0.373 e. The van der Waals surface area contributed by atoms with Crippen molar-refractivity contribution in [2.45, 2.75) is 18.3 Å². The van der Waals surface area contributed by atoms with Gasteiger partial charge in [0.05, 0.1) is 11.3 Å². The van der Waals surface area contributed by atoms with Crippen molar-refractivity contribution in [3.8, 4) is 0 Å². The average Bonchev–Trinajstić information content (AvgIpc) is 3.17. The molecule has 0 bridgehead atoms. The number of carbonyl (C=O) groups excluding carboxylic acids is 3. The predicted octanol–water partition coefficient (Wildman–Crippen LogP) is 2.96. The van der Waals surface area contributed by atoms with Crippen LogP contribution in [0.2, 0.25) is 0 Å². The molecule has 3 aromatic rings. The van der Waals surface area contributed by atoms with Crippen LogP contribution in [0.15, 0.2) is 48.7 Å². The molecule has 4 N–H and O–H groups in total. The molecule has 2 unspecified atom stereocenters. The third-order valence-corrected chi connectivity index (χ3v) is 5.16. The topological polar surface area (TPSA) is 103 Å². The Morgan fingerprint density at radius 1 is 0.968 bits per heavy atom. The lowest BCUT2D eigenvalue weighted by Crippen LogP contribution is -2.64. The highest BCUT2D eigenvalue weighted by atomic mass is 19.4. The summed E-state index contributed by atoms with van der Waals surface area (Å²) < 4.78 is 38.2.